The number of quaternary nitrogens is 1. The van der Waals surface area contributed by atoms with Crippen LogP contribution in [-0.4, -0.2) is 62.8 Å². The van der Waals surface area contributed by atoms with Gasteiger partial charge in [-0.25, -0.2) is 0 Å². The van der Waals surface area contributed by atoms with Crippen LogP contribution in [0, 0.1) is 0 Å². The molecule has 0 aliphatic rings. The number of phosphoric acid groups is 1. The number of alkyl halides is 18. The Morgan fingerprint density at radius 2 is 0.743 bits per heavy atom. The van der Waals surface area contributed by atoms with Gasteiger partial charge in [-0.2, -0.15) is 61.5 Å². The van der Waals surface area contributed by atoms with Crippen LogP contribution in [0.2, 0.25) is 0 Å². The Bertz CT molecular complexity index is 708. The molecule has 0 saturated heterocycles. The largest absolute Gasteiger partial charge is 0.756 e. The van der Waals surface area contributed by atoms with Gasteiger partial charge in [-0.05, 0) is 0 Å². The molecule has 0 aliphatic heterocycles. The number of nitrogens with zero attached hydrogens (tertiary/aromatic N) is 1. The number of hydrogen-bond donors (Lipinski definition) is 3. The van der Waals surface area contributed by atoms with Gasteiger partial charge in [0.15, 0.2) is 4.93 Å². The number of halogens is 20. The highest BCUT2D eigenvalue weighted by Gasteiger charge is 3.00. The second kappa shape index (κ2) is 9.50. The first kappa shape index (κ1) is 38.2. The van der Waals surface area contributed by atoms with Crippen molar-refractivity contribution in [1.29, 1.82) is 0 Å². The highest BCUT2D eigenvalue weighted by Crippen LogP contribution is 2.64. The predicted molar refractivity (Wildman–Crippen MR) is 61.3 cm³/mol. The van der Waals surface area contributed by atoms with Gasteiger partial charge in [0, 0.05) is 0 Å². The van der Waals surface area contributed by atoms with Gasteiger partial charge < -0.3 is 20.8 Å². The summed E-state index contributed by atoms with van der Waals surface area (Å²) < 4.78 is 257. The molecule has 0 aromatic rings. The van der Waals surface area contributed by atoms with E-state index in [9.17, 15) is 88.0 Å². The summed E-state index contributed by atoms with van der Waals surface area (Å²) in [5.74, 6) is -35.1. The van der Waals surface area contributed by atoms with Crippen molar-refractivity contribution in [3.63, 3.8) is 0 Å². The Labute approximate surface area is 176 Å². The summed E-state index contributed by atoms with van der Waals surface area (Å²) in [6.45, 7) is 0. The van der Waals surface area contributed by atoms with Crippen LogP contribution >= 0.6 is 7.82 Å². The lowest BCUT2D eigenvalue weighted by Gasteiger charge is -2.40. The first-order valence-corrected chi connectivity index (χ1v) is 7.98. The molecule has 0 saturated carbocycles. The minimum atomic E-state index is -9.05. The molecule has 216 valence electrons. The van der Waals surface area contributed by atoms with Crippen molar-refractivity contribution < 1.29 is 112 Å². The molecule has 0 aromatic carbocycles. The first-order valence-electron chi connectivity index (χ1n) is 6.45. The van der Waals surface area contributed by atoms with E-state index in [-0.39, 0.29) is 6.15 Å². The molecule has 0 amide bonds. The fraction of sp³-hybridized carbons (Fsp3) is 1.00. The molecule has 0 unspecified atom stereocenters. The van der Waals surface area contributed by atoms with Gasteiger partial charge >= 0.3 is 48.1 Å². The third-order valence-corrected chi connectivity index (χ3v) is 2.96. The lowest BCUT2D eigenvalue weighted by Crippen LogP contribution is -2.77. The molecule has 0 spiro atoms. The van der Waals surface area contributed by atoms with Crippen molar-refractivity contribution in [2.45, 2.75) is 48.1 Å². The molecule has 0 atom stereocenters. The highest BCUT2D eigenvalue weighted by molar-refractivity contribution is 7.43. The second-order valence-electron chi connectivity index (χ2n) is 5.38. The van der Waals surface area contributed by atoms with Crippen LogP contribution in [0.15, 0.2) is 0 Å². The Balaban J connectivity index is -0.00000154. The summed E-state index contributed by atoms with van der Waals surface area (Å²) in [4.78, 5) is 15.0. The van der Waals surface area contributed by atoms with Crippen LogP contribution in [0.1, 0.15) is 0 Å². The van der Waals surface area contributed by atoms with E-state index in [1.54, 1.807) is 0 Å². The van der Waals surface area contributed by atoms with Crippen molar-refractivity contribution in [3.05, 3.63) is 0 Å². The third kappa shape index (κ3) is 6.14. The number of rotatable bonds is 6. The Morgan fingerprint density at radius 1 is 0.514 bits per heavy atom. The lowest BCUT2D eigenvalue weighted by molar-refractivity contribution is -1.28. The molecule has 0 heterocycles. The molecule has 0 aliphatic carbocycles. The van der Waals surface area contributed by atoms with Crippen LogP contribution in [0.25, 0.3) is 0 Å². The molecule has 0 aromatic heterocycles. The molecular weight excluding hydrogens is 599 g/mol. The van der Waals surface area contributed by atoms with Gasteiger partial charge in [-0.3, -0.25) is 4.57 Å². The van der Waals surface area contributed by atoms with E-state index < -0.39 is 60.9 Å². The van der Waals surface area contributed by atoms with Crippen molar-refractivity contribution in [2.24, 2.45) is 0 Å². The average molecular weight is 604 g/mol. The van der Waals surface area contributed by atoms with Gasteiger partial charge in [0.1, 0.15) is 0 Å². The standard InChI is InChI=1S/C8F20N.H3N.H3O4P/c9-1(10,3(13,14)5(17,18)19)2(11,12)4(15,16)7(23,24)29(27,28)8(25,26)6(20,21)22;;1-5(2,3)4/h;1H3;(H3,1,2,3,4)/q+1;;/p-1. The van der Waals surface area contributed by atoms with Crippen LogP contribution < -0.4 is 11.0 Å². The van der Waals surface area contributed by atoms with E-state index >= 15 is 0 Å². The quantitative estimate of drug-likeness (QED) is 0.171. The fourth-order valence-corrected chi connectivity index (χ4v) is 1.27. The maximum Gasteiger partial charge on any atom is 0.567 e. The normalized spacial score (nSPS) is 15.7. The molecule has 27 heteroatoms. The summed E-state index contributed by atoms with van der Waals surface area (Å²) in [6.07, 6.45) is -15.9. The van der Waals surface area contributed by atoms with Crippen LogP contribution in [-0.2, 0) is 4.57 Å². The lowest BCUT2D eigenvalue weighted by atomic mass is 9.96. The van der Waals surface area contributed by atoms with Gasteiger partial charge in [0.2, 0.25) is 0 Å². The van der Waals surface area contributed by atoms with Crippen molar-refractivity contribution in [1.82, 2.24) is 6.15 Å². The molecule has 0 rings (SSSR count). The summed E-state index contributed by atoms with van der Waals surface area (Å²) in [5.41, 5.74) is 0. The molecule has 0 fully saturated rings. The van der Waals surface area contributed by atoms with E-state index in [0.29, 0.717) is 0 Å². The van der Waals surface area contributed by atoms with Gasteiger partial charge in [-0.1, -0.05) is 0 Å². The molecule has 5 N–H and O–H groups in total. The van der Waals surface area contributed by atoms with Crippen molar-refractivity contribution in [2.75, 3.05) is 0 Å². The molecule has 6 nitrogen and oxygen atoms in total. The zero-order valence-corrected chi connectivity index (χ0v) is 15.8. The highest BCUT2D eigenvalue weighted by atomic mass is 31.2. The summed E-state index contributed by atoms with van der Waals surface area (Å²) in [6, 6.07) is -17.4. The minimum absolute atomic E-state index is 0. The third-order valence-electron chi connectivity index (χ3n) is 2.96. The zero-order chi connectivity index (χ0) is 29.0. The summed E-state index contributed by atoms with van der Waals surface area (Å²) in [5, 5.41) is 0. The minimum Gasteiger partial charge on any atom is -0.756 e. The van der Waals surface area contributed by atoms with E-state index in [1.807, 2.05) is 0 Å². The topological polar surface area (TPSA) is 116 Å². The van der Waals surface area contributed by atoms with E-state index in [4.69, 9.17) is 19.2 Å². The molecule has 0 bridgehead atoms. The Kier molecular flexibility index (Phi) is 10.4. The van der Waals surface area contributed by atoms with Crippen LogP contribution in [0.4, 0.5) is 88.0 Å². The van der Waals surface area contributed by atoms with Gasteiger partial charge in [0.25, 0.3) is 7.82 Å². The Morgan fingerprint density at radius 3 is 0.943 bits per heavy atom. The van der Waals surface area contributed by atoms with Gasteiger partial charge in [0.05, 0.1) is 8.96 Å². The predicted octanol–water partition coefficient (Wildman–Crippen LogP) is 5.03. The van der Waals surface area contributed by atoms with E-state index in [1.165, 1.54) is 0 Å². The smallest absolute Gasteiger partial charge is 0.567 e. The first-order chi connectivity index (χ1) is 14.0. The second-order valence-corrected chi connectivity index (χ2v) is 6.36. The Hall–Kier alpha value is -1.37. The fourth-order valence-electron chi connectivity index (χ4n) is 1.27. The maximum absolute atomic E-state index is 12.9. The maximum atomic E-state index is 12.9. The van der Waals surface area contributed by atoms with Crippen LogP contribution in [0.3, 0.4) is 0 Å². The van der Waals surface area contributed by atoms with Crippen molar-refractivity contribution >= 4 is 7.82 Å². The molecule has 0 radical (unpaired) electrons. The SMILES string of the molecule is FC(F)(F)C(F)(F)C(F)(F)C(F)(F)C(F)(F)C(F)(F)[N+](F)(F)C(F)(F)C(F)(F)F.N.O=P([O-])(O)O. The molecular formula is C8H5F20N2O4P. The van der Waals surface area contributed by atoms with Crippen LogP contribution in [0.5, 0.6) is 0 Å². The van der Waals surface area contributed by atoms with E-state index in [0.717, 1.165) is 0 Å². The average Bonchev–Trinajstić information content (AvgIpc) is 2.49. The van der Waals surface area contributed by atoms with Gasteiger partial charge in [-0.15, -0.1) is 17.6 Å². The van der Waals surface area contributed by atoms with E-state index in [2.05, 4.69) is 0 Å². The molecule has 35 heavy (non-hydrogen) atoms. The summed E-state index contributed by atoms with van der Waals surface area (Å²) >= 11 is 0. The van der Waals surface area contributed by atoms with Crippen molar-refractivity contribution in [3.8, 4) is 0 Å². The monoisotopic (exact) mass is 604 g/mol. The number of hydrogen-bond acceptors (Lipinski definition) is 3. The summed E-state index contributed by atoms with van der Waals surface area (Å²) in [7, 11) is -4.89. The zero-order valence-electron chi connectivity index (χ0n) is 14.9.